The maximum atomic E-state index is 14.4. The average Bonchev–Trinajstić information content (AvgIpc) is 3.07. The molecule has 0 aliphatic heterocycles. The first kappa shape index (κ1) is 21.6. The first-order valence-corrected chi connectivity index (χ1v) is 9.78. The predicted molar refractivity (Wildman–Crippen MR) is 91.7 cm³/mol. The Morgan fingerprint density at radius 3 is 2.48 bits per heavy atom. The summed E-state index contributed by atoms with van der Waals surface area (Å²) < 4.78 is 57.2. The molecular weight excluding hydrogens is 383 g/mol. The summed E-state index contributed by atoms with van der Waals surface area (Å²) in [7, 11) is -4.01. The molecule has 1 heterocycles. The quantitative estimate of drug-likeness (QED) is 0.607. The molecule has 0 spiro atoms. The van der Waals surface area contributed by atoms with E-state index in [9.17, 15) is 18.5 Å². The summed E-state index contributed by atoms with van der Waals surface area (Å²) in [6.07, 6.45) is 1.27. The number of phosphoric acid groups is 1. The van der Waals surface area contributed by atoms with Crippen molar-refractivity contribution in [3.05, 3.63) is 48.1 Å². The van der Waals surface area contributed by atoms with Crippen LogP contribution in [0, 0.1) is 11.6 Å². The number of nitrogens with zero attached hydrogens (tertiary/aromatic N) is 3. The zero-order chi connectivity index (χ0) is 20.1. The molecule has 11 heteroatoms. The van der Waals surface area contributed by atoms with Crippen LogP contribution in [-0.4, -0.2) is 39.2 Å². The minimum Gasteiger partial charge on any atom is -0.380 e. The van der Waals surface area contributed by atoms with Gasteiger partial charge < -0.3 is 5.11 Å². The van der Waals surface area contributed by atoms with E-state index < -0.39 is 31.2 Å². The van der Waals surface area contributed by atoms with Crippen molar-refractivity contribution in [3.8, 4) is 0 Å². The van der Waals surface area contributed by atoms with Crippen LogP contribution in [0.4, 0.5) is 8.78 Å². The van der Waals surface area contributed by atoms with Gasteiger partial charge in [-0.1, -0.05) is 6.07 Å². The number of aliphatic hydroxyl groups is 1. The number of aromatic nitrogens is 3. The normalized spacial score (nSPS) is 15.5. The summed E-state index contributed by atoms with van der Waals surface area (Å²) >= 11 is 0. The fraction of sp³-hybridized carbons (Fsp3) is 0.500. The molecule has 2 atom stereocenters. The SMILES string of the molecule is CCOP(=O)(OCC)O[C@H](C)[C@](O)(Cn1cncn1)c1ccc(F)cc1F. The second-order valence-corrected chi connectivity index (χ2v) is 7.29. The lowest BCUT2D eigenvalue weighted by molar-refractivity contribution is -0.0882. The van der Waals surface area contributed by atoms with Gasteiger partial charge in [-0.25, -0.2) is 23.0 Å². The van der Waals surface area contributed by atoms with Gasteiger partial charge in [0.25, 0.3) is 0 Å². The second kappa shape index (κ2) is 8.99. The van der Waals surface area contributed by atoms with Gasteiger partial charge in [0.1, 0.15) is 36.0 Å². The molecule has 8 nitrogen and oxygen atoms in total. The maximum absolute atomic E-state index is 14.4. The molecule has 0 saturated heterocycles. The standard InChI is InChI=1S/C16H22F2N3O5P/c1-4-24-27(23,25-5-2)26-12(3)16(22,9-21-11-19-10-20-21)14-7-6-13(17)8-15(14)18/h6-8,10-12,22H,4-5,9H2,1-3H3/t12-,16-/m1/s1. The summed E-state index contributed by atoms with van der Waals surface area (Å²) in [6.45, 7) is 4.36. The van der Waals surface area contributed by atoms with Crippen molar-refractivity contribution >= 4 is 7.82 Å². The van der Waals surface area contributed by atoms with E-state index >= 15 is 0 Å². The lowest BCUT2D eigenvalue weighted by atomic mass is 9.88. The number of benzene rings is 1. The Bertz CT molecular complexity index is 782. The van der Waals surface area contributed by atoms with Crippen molar-refractivity contribution in [3.63, 3.8) is 0 Å². The van der Waals surface area contributed by atoms with Gasteiger partial charge >= 0.3 is 7.82 Å². The van der Waals surface area contributed by atoms with Crippen molar-refractivity contribution in [2.45, 2.75) is 39.0 Å². The van der Waals surface area contributed by atoms with Gasteiger partial charge in [-0.2, -0.15) is 5.10 Å². The summed E-state index contributed by atoms with van der Waals surface area (Å²) in [5.41, 5.74) is -2.33. The van der Waals surface area contributed by atoms with Crippen LogP contribution >= 0.6 is 7.82 Å². The number of halogens is 2. The monoisotopic (exact) mass is 405 g/mol. The van der Waals surface area contributed by atoms with Crippen LogP contribution in [0.25, 0.3) is 0 Å². The Morgan fingerprint density at radius 2 is 1.96 bits per heavy atom. The van der Waals surface area contributed by atoms with Gasteiger partial charge in [-0.05, 0) is 26.8 Å². The third kappa shape index (κ3) is 5.18. The molecule has 27 heavy (non-hydrogen) atoms. The van der Waals surface area contributed by atoms with E-state index in [2.05, 4.69) is 10.1 Å². The van der Waals surface area contributed by atoms with E-state index in [1.165, 1.54) is 24.3 Å². The van der Waals surface area contributed by atoms with Crippen molar-refractivity contribution in [2.75, 3.05) is 13.2 Å². The molecular formula is C16H22F2N3O5P. The van der Waals surface area contributed by atoms with Gasteiger partial charge in [0.2, 0.25) is 0 Å². The third-order valence-corrected chi connectivity index (χ3v) is 5.52. The summed E-state index contributed by atoms with van der Waals surface area (Å²) in [6, 6.07) is 2.73. The summed E-state index contributed by atoms with van der Waals surface area (Å²) in [5, 5.41) is 15.2. The van der Waals surface area contributed by atoms with Gasteiger partial charge in [-0.15, -0.1) is 0 Å². The minimum absolute atomic E-state index is 0.0381. The van der Waals surface area contributed by atoms with E-state index in [-0.39, 0.29) is 25.3 Å². The van der Waals surface area contributed by atoms with Crippen LogP contribution in [0.2, 0.25) is 0 Å². The molecule has 0 aliphatic rings. The van der Waals surface area contributed by atoms with Crippen molar-refractivity contribution in [2.24, 2.45) is 0 Å². The Labute approximate surface area is 155 Å². The van der Waals surface area contributed by atoms with Crippen molar-refractivity contribution < 1.29 is 32.0 Å². The average molecular weight is 405 g/mol. The molecule has 0 aliphatic carbocycles. The van der Waals surface area contributed by atoms with E-state index in [1.807, 2.05) is 0 Å². The lowest BCUT2D eigenvalue weighted by Gasteiger charge is -2.35. The first-order chi connectivity index (χ1) is 12.7. The van der Waals surface area contributed by atoms with Crippen molar-refractivity contribution in [1.29, 1.82) is 0 Å². The van der Waals surface area contributed by atoms with Crippen LogP contribution in [0.5, 0.6) is 0 Å². The molecule has 1 N–H and O–H groups in total. The largest absolute Gasteiger partial charge is 0.475 e. The van der Waals surface area contributed by atoms with Crippen LogP contribution in [0.15, 0.2) is 30.9 Å². The number of hydrogen-bond acceptors (Lipinski definition) is 7. The third-order valence-electron chi connectivity index (χ3n) is 3.80. The van der Waals surface area contributed by atoms with E-state index in [0.717, 1.165) is 12.1 Å². The molecule has 150 valence electrons. The van der Waals surface area contributed by atoms with Gasteiger partial charge in [-0.3, -0.25) is 13.6 Å². The molecule has 0 fully saturated rings. The molecule has 0 radical (unpaired) electrons. The smallest absolute Gasteiger partial charge is 0.380 e. The Morgan fingerprint density at radius 1 is 1.30 bits per heavy atom. The topological polar surface area (TPSA) is 95.7 Å². The molecule has 1 aromatic carbocycles. The fourth-order valence-electron chi connectivity index (χ4n) is 2.53. The number of rotatable bonds is 10. The van der Waals surface area contributed by atoms with Crippen LogP contribution in [0.3, 0.4) is 0 Å². The summed E-state index contributed by atoms with van der Waals surface area (Å²) in [5.74, 6) is -1.79. The molecule has 0 saturated carbocycles. The highest BCUT2D eigenvalue weighted by Gasteiger charge is 2.44. The summed E-state index contributed by atoms with van der Waals surface area (Å²) in [4.78, 5) is 3.77. The van der Waals surface area contributed by atoms with Gasteiger partial charge in [0.15, 0.2) is 0 Å². The zero-order valence-corrected chi connectivity index (χ0v) is 16.1. The van der Waals surface area contributed by atoms with Gasteiger partial charge in [0.05, 0.1) is 19.8 Å². The highest BCUT2D eigenvalue weighted by Crippen LogP contribution is 2.52. The molecule has 2 aromatic rings. The first-order valence-electron chi connectivity index (χ1n) is 8.32. The van der Waals surface area contributed by atoms with E-state index in [1.54, 1.807) is 13.8 Å². The highest BCUT2D eigenvalue weighted by molar-refractivity contribution is 7.48. The molecule has 1 aromatic heterocycles. The van der Waals surface area contributed by atoms with Crippen LogP contribution in [-0.2, 0) is 30.3 Å². The minimum atomic E-state index is -4.01. The molecule has 0 unspecified atom stereocenters. The lowest BCUT2D eigenvalue weighted by Crippen LogP contribution is -2.44. The fourth-order valence-corrected chi connectivity index (χ4v) is 3.92. The number of phosphoric ester groups is 1. The molecule has 0 amide bonds. The number of hydrogen-bond donors (Lipinski definition) is 1. The predicted octanol–water partition coefficient (Wildman–Crippen LogP) is 3.03. The van der Waals surface area contributed by atoms with Gasteiger partial charge in [0, 0.05) is 11.6 Å². The van der Waals surface area contributed by atoms with E-state index in [4.69, 9.17) is 13.6 Å². The van der Waals surface area contributed by atoms with Crippen LogP contribution < -0.4 is 0 Å². The molecule has 0 bridgehead atoms. The Hall–Kier alpha value is -1.71. The Balaban J connectivity index is 2.43. The zero-order valence-electron chi connectivity index (χ0n) is 15.2. The highest BCUT2D eigenvalue weighted by atomic mass is 31.2. The molecule has 2 rings (SSSR count). The Kier molecular flexibility index (Phi) is 7.19. The van der Waals surface area contributed by atoms with Crippen molar-refractivity contribution in [1.82, 2.24) is 14.8 Å². The maximum Gasteiger partial charge on any atom is 0.475 e. The van der Waals surface area contributed by atoms with Crippen LogP contribution in [0.1, 0.15) is 26.3 Å². The second-order valence-electron chi connectivity index (χ2n) is 5.67. The van der Waals surface area contributed by atoms with E-state index in [0.29, 0.717) is 6.07 Å².